The Hall–Kier alpha value is -3.88. The van der Waals surface area contributed by atoms with Gasteiger partial charge in [-0.15, -0.1) is 0 Å². The Morgan fingerprint density at radius 2 is 1.60 bits per heavy atom. The Bertz CT molecular complexity index is 1070. The van der Waals surface area contributed by atoms with Crippen molar-refractivity contribution in [1.29, 1.82) is 0 Å². The zero-order chi connectivity index (χ0) is 25.6. The summed E-state index contributed by atoms with van der Waals surface area (Å²) >= 11 is 0. The van der Waals surface area contributed by atoms with Crippen LogP contribution in [-0.2, 0) is 23.9 Å². The van der Waals surface area contributed by atoms with Crippen LogP contribution in [0.1, 0.15) is 43.7 Å². The summed E-state index contributed by atoms with van der Waals surface area (Å²) in [4.78, 5) is 48.2. The van der Waals surface area contributed by atoms with Crippen molar-refractivity contribution in [2.45, 2.75) is 38.6 Å². The number of hydrogen-bond donors (Lipinski definition) is 3. The molecule has 0 aliphatic heterocycles. The second-order valence-corrected chi connectivity index (χ2v) is 8.74. The lowest BCUT2D eigenvalue weighted by atomic mass is 9.86. The van der Waals surface area contributed by atoms with E-state index >= 15 is 0 Å². The minimum Gasteiger partial charge on any atom is -0.480 e. The Labute approximate surface area is 203 Å². The summed E-state index contributed by atoms with van der Waals surface area (Å²) in [5, 5.41) is 14.3. The first-order valence-electron chi connectivity index (χ1n) is 11.4. The molecule has 35 heavy (non-hydrogen) atoms. The van der Waals surface area contributed by atoms with Gasteiger partial charge in [-0.05, 0) is 35.6 Å². The number of carboxylic acid groups (broad SMARTS) is 1. The number of methoxy groups -OCH3 is 1. The number of carbonyl (C=O) groups excluding carboxylic acids is 3. The smallest absolute Gasteiger partial charge is 0.407 e. The molecule has 2 amide bonds. The van der Waals surface area contributed by atoms with Crippen molar-refractivity contribution in [3.8, 4) is 11.1 Å². The molecule has 2 aromatic carbocycles. The highest BCUT2D eigenvalue weighted by atomic mass is 16.5. The second kappa shape index (κ2) is 11.0. The molecule has 1 aliphatic rings. The van der Waals surface area contributed by atoms with E-state index < -0.39 is 41.8 Å². The van der Waals surface area contributed by atoms with Gasteiger partial charge in [0.2, 0.25) is 5.91 Å². The van der Waals surface area contributed by atoms with Gasteiger partial charge in [-0.25, -0.2) is 9.59 Å². The molecule has 0 saturated heterocycles. The highest BCUT2D eigenvalue weighted by Crippen LogP contribution is 2.44. The Morgan fingerprint density at radius 3 is 2.11 bits per heavy atom. The molecule has 3 N–H and O–H groups in total. The van der Waals surface area contributed by atoms with Gasteiger partial charge in [-0.1, -0.05) is 55.5 Å². The third-order valence-electron chi connectivity index (χ3n) is 6.50. The highest BCUT2D eigenvalue weighted by Gasteiger charge is 2.36. The number of carbonyl (C=O) groups is 4. The number of hydrogen-bond acceptors (Lipinski definition) is 6. The average molecular weight is 483 g/mol. The topological polar surface area (TPSA) is 131 Å². The van der Waals surface area contributed by atoms with E-state index in [-0.39, 0.29) is 19.1 Å². The first kappa shape index (κ1) is 25.7. The largest absolute Gasteiger partial charge is 0.480 e. The molecule has 2 aromatic rings. The van der Waals surface area contributed by atoms with Crippen LogP contribution in [0.4, 0.5) is 4.79 Å². The van der Waals surface area contributed by atoms with E-state index in [0.717, 1.165) is 29.4 Å². The number of fused-ring (bicyclic) bond motifs is 3. The number of carboxylic acids is 1. The maximum absolute atomic E-state index is 12.8. The van der Waals surface area contributed by atoms with E-state index in [4.69, 9.17) is 4.74 Å². The predicted octanol–water partition coefficient (Wildman–Crippen LogP) is 3.07. The molecule has 9 heteroatoms. The first-order chi connectivity index (χ1) is 16.7. The fourth-order valence-electron chi connectivity index (χ4n) is 4.07. The number of aliphatic carboxylic acids is 1. The fraction of sp³-hybridized carbons (Fsp3) is 0.385. The quantitative estimate of drug-likeness (QED) is 0.444. The monoisotopic (exact) mass is 482 g/mol. The average Bonchev–Trinajstić information content (AvgIpc) is 3.18. The lowest BCUT2D eigenvalue weighted by Crippen LogP contribution is -2.52. The maximum atomic E-state index is 12.8. The number of nitrogens with one attached hydrogen (secondary N) is 2. The number of benzene rings is 2. The van der Waals surface area contributed by atoms with Crippen molar-refractivity contribution in [2.24, 2.45) is 5.41 Å². The zero-order valence-corrected chi connectivity index (χ0v) is 20.0. The molecule has 0 heterocycles. The molecule has 1 unspecified atom stereocenters. The molecule has 9 nitrogen and oxygen atoms in total. The van der Waals surface area contributed by atoms with Crippen LogP contribution < -0.4 is 10.6 Å². The summed E-state index contributed by atoms with van der Waals surface area (Å²) in [6.45, 7) is 3.41. The van der Waals surface area contributed by atoms with Crippen LogP contribution in [-0.4, -0.2) is 55.3 Å². The third kappa shape index (κ3) is 5.79. The van der Waals surface area contributed by atoms with Crippen LogP contribution in [0, 0.1) is 5.41 Å². The number of amides is 2. The van der Waals surface area contributed by atoms with Gasteiger partial charge in [0.15, 0.2) is 0 Å². The highest BCUT2D eigenvalue weighted by molar-refractivity contribution is 5.90. The standard InChI is InChI=1S/C26H30N2O7/c1-4-26(2,24(32)28-21(23(30)31)13-22(29)34-3)15-27-25(33)35-14-20-18-11-7-5-9-16(18)17-10-6-8-12-19(17)20/h5-12,20-21H,4,13-15H2,1-3H3,(H,27,33)(H,28,32)(H,30,31)/t21-,26?/m1/s1. The first-order valence-corrected chi connectivity index (χ1v) is 11.4. The van der Waals surface area contributed by atoms with Crippen molar-refractivity contribution < 1.29 is 33.8 Å². The van der Waals surface area contributed by atoms with E-state index in [1.54, 1.807) is 13.8 Å². The summed E-state index contributed by atoms with van der Waals surface area (Å²) < 4.78 is 10.00. The third-order valence-corrected chi connectivity index (χ3v) is 6.50. The van der Waals surface area contributed by atoms with Crippen LogP contribution in [0.15, 0.2) is 48.5 Å². The SMILES string of the molecule is CCC(C)(CNC(=O)OCC1c2ccccc2-c2ccccc21)C(=O)N[C@H](CC(=O)OC)C(=O)O. The number of ether oxygens (including phenoxy) is 2. The van der Waals surface area contributed by atoms with Gasteiger partial charge in [0.1, 0.15) is 12.6 Å². The van der Waals surface area contributed by atoms with Crippen molar-refractivity contribution >= 4 is 23.9 Å². The predicted molar refractivity (Wildman–Crippen MR) is 128 cm³/mol. The normalized spacial score (nSPS) is 14.6. The van der Waals surface area contributed by atoms with Gasteiger partial charge in [-0.2, -0.15) is 0 Å². The number of alkyl carbamates (subject to hydrolysis) is 1. The van der Waals surface area contributed by atoms with Crippen LogP contribution >= 0.6 is 0 Å². The fourth-order valence-corrected chi connectivity index (χ4v) is 4.07. The van der Waals surface area contributed by atoms with Crippen molar-refractivity contribution in [3.63, 3.8) is 0 Å². The summed E-state index contributed by atoms with van der Waals surface area (Å²) in [6, 6.07) is 14.6. The molecule has 0 aromatic heterocycles. The van der Waals surface area contributed by atoms with E-state index in [2.05, 4.69) is 15.4 Å². The molecule has 2 atom stereocenters. The molecule has 0 radical (unpaired) electrons. The summed E-state index contributed by atoms with van der Waals surface area (Å²) in [7, 11) is 1.14. The molecular formula is C26H30N2O7. The summed E-state index contributed by atoms with van der Waals surface area (Å²) in [6.07, 6.45) is -0.867. The molecule has 0 saturated carbocycles. The molecule has 0 fully saturated rings. The number of rotatable bonds is 10. The molecule has 186 valence electrons. The number of esters is 1. The van der Waals surface area contributed by atoms with E-state index in [0.29, 0.717) is 6.42 Å². The molecule has 1 aliphatic carbocycles. The second-order valence-electron chi connectivity index (χ2n) is 8.74. The lowest BCUT2D eigenvalue weighted by Gasteiger charge is -2.28. The van der Waals surface area contributed by atoms with E-state index in [1.165, 1.54) is 0 Å². The van der Waals surface area contributed by atoms with Gasteiger partial charge in [0.05, 0.1) is 18.9 Å². The summed E-state index contributed by atoms with van der Waals surface area (Å²) in [5.41, 5.74) is 3.30. The van der Waals surface area contributed by atoms with Crippen LogP contribution in [0.2, 0.25) is 0 Å². The molecule has 0 bridgehead atoms. The van der Waals surface area contributed by atoms with E-state index in [1.807, 2.05) is 48.5 Å². The van der Waals surface area contributed by atoms with Crippen LogP contribution in [0.3, 0.4) is 0 Å². The summed E-state index contributed by atoms with van der Waals surface area (Å²) in [5.74, 6) is -2.81. The minimum atomic E-state index is -1.43. The van der Waals surface area contributed by atoms with Gasteiger partial charge in [0, 0.05) is 12.5 Å². The minimum absolute atomic E-state index is 0.0728. The lowest BCUT2D eigenvalue weighted by molar-refractivity contribution is -0.149. The van der Waals surface area contributed by atoms with Gasteiger partial charge in [0.25, 0.3) is 0 Å². The molecule has 0 spiro atoms. The van der Waals surface area contributed by atoms with Crippen molar-refractivity contribution in [3.05, 3.63) is 59.7 Å². The van der Waals surface area contributed by atoms with Gasteiger partial charge >= 0.3 is 18.0 Å². The van der Waals surface area contributed by atoms with Gasteiger partial charge < -0.3 is 25.2 Å². The Morgan fingerprint density at radius 1 is 1.03 bits per heavy atom. The van der Waals surface area contributed by atoms with Crippen molar-refractivity contribution in [2.75, 3.05) is 20.3 Å². The Kier molecular flexibility index (Phi) is 8.11. The van der Waals surface area contributed by atoms with E-state index in [9.17, 15) is 24.3 Å². The van der Waals surface area contributed by atoms with Crippen LogP contribution in [0.25, 0.3) is 11.1 Å². The molecular weight excluding hydrogens is 452 g/mol. The molecule has 3 rings (SSSR count). The Balaban J connectivity index is 1.59. The zero-order valence-electron chi connectivity index (χ0n) is 20.0. The van der Waals surface area contributed by atoms with Crippen LogP contribution in [0.5, 0.6) is 0 Å². The van der Waals surface area contributed by atoms with Crippen molar-refractivity contribution in [1.82, 2.24) is 10.6 Å². The maximum Gasteiger partial charge on any atom is 0.407 e. The van der Waals surface area contributed by atoms with Gasteiger partial charge in [-0.3, -0.25) is 9.59 Å².